The predicted octanol–water partition coefficient (Wildman–Crippen LogP) is 3.26. The number of hydrogen-bond acceptors (Lipinski definition) is 2. The predicted molar refractivity (Wildman–Crippen MR) is 53.9 cm³/mol. The lowest BCUT2D eigenvalue weighted by atomic mass is 10.2. The average Bonchev–Trinajstić information content (AvgIpc) is 2.03. The Morgan fingerprint density at radius 2 is 2.15 bits per heavy atom. The number of aromatic nitrogens is 1. The highest BCUT2D eigenvalue weighted by atomic mass is 79.9. The maximum atomic E-state index is 12.2. The largest absolute Gasteiger partial charge is 0.398 e. The van der Waals surface area contributed by atoms with E-state index in [9.17, 15) is 8.78 Å². The Labute approximate surface area is 90.8 Å². The molecule has 0 unspecified atom stereocenters. The van der Waals surface area contributed by atoms with E-state index >= 15 is 0 Å². The molecular weight excluding hydrogens is 310 g/mol. The molecule has 0 amide bonds. The molecule has 2 N–H and O–H groups in total. The third kappa shape index (κ3) is 2.37. The highest BCUT2D eigenvalue weighted by molar-refractivity contribution is 9.10. The second-order valence-corrected chi connectivity index (χ2v) is 3.65. The summed E-state index contributed by atoms with van der Waals surface area (Å²) >= 11 is 6.26. The number of anilines is 1. The fraction of sp³-hybridized carbons (Fsp3) is 0.286. The molecule has 0 radical (unpaired) electrons. The van der Waals surface area contributed by atoms with Gasteiger partial charge in [-0.15, -0.1) is 0 Å². The number of rotatable bonds is 2. The molecule has 2 nitrogen and oxygen atoms in total. The van der Waals surface area contributed by atoms with Gasteiger partial charge in [-0.1, -0.05) is 15.9 Å². The molecule has 0 fully saturated rings. The molecule has 1 aromatic rings. The van der Waals surface area contributed by atoms with Gasteiger partial charge in [0.15, 0.2) is 0 Å². The van der Waals surface area contributed by atoms with Crippen LogP contribution in [0.2, 0.25) is 0 Å². The third-order valence-corrected chi connectivity index (χ3v) is 2.70. The van der Waals surface area contributed by atoms with E-state index in [4.69, 9.17) is 5.73 Å². The topological polar surface area (TPSA) is 38.9 Å². The normalized spacial score (nSPS) is 10.8. The van der Waals surface area contributed by atoms with Gasteiger partial charge in [0.25, 0.3) is 6.43 Å². The van der Waals surface area contributed by atoms with E-state index in [0.717, 1.165) is 0 Å². The van der Waals surface area contributed by atoms with Gasteiger partial charge in [0.05, 0.1) is 0 Å². The Kier molecular flexibility index (Phi) is 3.61. The molecule has 1 heterocycles. The van der Waals surface area contributed by atoms with Crippen molar-refractivity contribution < 1.29 is 8.78 Å². The van der Waals surface area contributed by atoms with Crippen molar-refractivity contribution >= 4 is 37.5 Å². The van der Waals surface area contributed by atoms with Crippen molar-refractivity contribution in [1.29, 1.82) is 0 Å². The van der Waals surface area contributed by atoms with Crippen molar-refractivity contribution in [2.24, 2.45) is 0 Å². The molecule has 0 bridgehead atoms. The number of halogens is 4. The molecule has 0 aromatic carbocycles. The fourth-order valence-corrected chi connectivity index (χ4v) is 2.36. The summed E-state index contributed by atoms with van der Waals surface area (Å²) in [6.45, 7) is 0. The van der Waals surface area contributed by atoms with Gasteiger partial charge in [-0.25, -0.2) is 13.8 Å². The summed E-state index contributed by atoms with van der Waals surface area (Å²) in [6.07, 6.45) is -2.59. The van der Waals surface area contributed by atoms with Crippen molar-refractivity contribution in [3.8, 4) is 0 Å². The molecule has 1 rings (SSSR count). The van der Waals surface area contributed by atoms with Crippen LogP contribution in [0.25, 0.3) is 0 Å². The van der Waals surface area contributed by atoms with Gasteiger partial charge in [0, 0.05) is 16.6 Å². The Bertz CT molecular complexity index is 294. The van der Waals surface area contributed by atoms with E-state index in [1.54, 1.807) is 0 Å². The van der Waals surface area contributed by atoms with E-state index < -0.39 is 6.43 Å². The highest BCUT2D eigenvalue weighted by Gasteiger charge is 2.13. The van der Waals surface area contributed by atoms with Crippen LogP contribution in [-0.4, -0.2) is 4.98 Å². The molecule has 0 aliphatic heterocycles. The van der Waals surface area contributed by atoms with Crippen molar-refractivity contribution in [1.82, 2.24) is 4.98 Å². The lowest BCUT2D eigenvalue weighted by molar-refractivity contribution is 0.146. The first-order valence-corrected chi connectivity index (χ1v) is 5.26. The van der Waals surface area contributed by atoms with Crippen molar-refractivity contribution in [2.45, 2.75) is 11.8 Å². The SMILES string of the molecule is Nc1cc(C(F)F)nc(Br)c1CBr. The molecule has 0 atom stereocenters. The summed E-state index contributed by atoms with van der Waals surface area (Å²) in [4.78, 5) is 3.66. The standard InChI is InChI=1S/C7H6Br2F2N2/c8-2-3-4(12)1-5(7(10)11)13-6(3)9/h1,7H,2H2,(H2,12,13). The van der Waals surface area contributed by atoms with E-state index in [1.165, 1.54) is 6.07 Å². The Morgan fingerprint density at radius 3 is 2.54 bits per heavy atom. The van der Waals surface area contributed by atoms with Crippen LogP contribution in [-0.2, 0) is 5.33 Å². The van der Waals surface area contributed by atoms with Crippen molar-refractivity contribution in [3.05, 3.63) is 21.9 Å². The fourth-order valence-electron chi connectivity index (χ4n) is 0.823. The Balaban J connectivity index is 3.20. The van der Waals surface area contributed by atoms with Gasteiger partial charge in [-0.2, -0.15) is 0 Å². The minimum atomic E-state index is -2.59. The highest BCUT2D eigenvalue weighted by Crippen LogP contribution is 2.28. The van der Waals surface area contributed by atoms with Gasteiger partial charge >= 0.3 is 0 Å². The first kappa shape index (κ1) is 10.8. The molecule has 0 aliphatic carbocycles. The van der Waals surface area contributed by atoms with Gasteiger partial charge in [-0.3, -0.25) is 0 Å². The molecule has 0 aliphatic rings. The first-order valence-electron chi connectivity index (χ1n) is 3.35. The Hall–Kier alpha value is -0.230. The number of nitrogen functional groups attached to an aromatic ring is 1. The molecule has 13 heavy (non-hydrogen) atoms. The van der Waals surface area contributed by atoms with Crippen LogP contribution in [0.15, 0.2) is 10.7 Å². The van der Waals surface area contributed by atoms with Crippen LogP contribution in [0.3, 0.4) is 0 Å². The van der Waals surface area contributed by atoms with Gasteiger partial charge in [0.2, 0.25) is 0 Å². The smallest absolute Gasteiger partial charge is 0.280 e. The summed E-state index contributed by atoms with van der Waals surface area (Å²) in [5.74, 6) is 0. The summed E-state index contributed by atoms with van der Waals surface area (Å²) in [5.41, 5.74) is 6.22. The second kappa shape index (κ2) is 4.32. The molecular formula is C7H6Br2F2N2. The third-order valence-electron chi connectivity index (χ3n) is 1.49. The summed E-state index contributed by atoms with van der Waals surface area (Å²) in [7, 11) is 0. The average molecular weight is 316 g/mol. The minimum absolute atomic E-state index is 0.311. The minimum Gasteiger partial charge on any atom is -0.398 e. The maximum Gasteiger partial charge on any atom is 0.280 e. The van der Waals surface area contributed by atoms with E-state index in [1.807, 2.05) is 0 Å². The molecule has 6 heteroatoms. The van der Waals surface area contributed by atoms with Crippen LogP contribution in [0.5, 0.6) is 0 Å². The second-order valence-electron chi connectivity index (χ2n) is 2.34. The summed E-state index contributed by atoms with van der Waals surface area (Å²) < 4.78 is 24.8. The number of nitrogens with two attached hydrogens (primary N) is 1. The van der Waals surface area contributed by atoms with Gasteiger partial charge in [-0.05, 0) is 22.0 Å². The number of alkyl halides is 3. The number of pyridine rings is 1. The quantitative estimate of drug-likeness (QED) is 0.672. The molecule has 1 aromatic heterocycles. The zero-order valence-corrected chi connectivity index (χ0v) is 9.57. The molecule has 0 saturated heterocycles. The van der Waals surface area contributed by atoms with E-state index in [0.29, 0.717) is 21.2 Å². The van der Waals surface area contributed by atoms with E-state index in [-0.39, 0.29) is 5.69 Å². The first-order chi connectivity index (χ1) is 6.06. The van der Waals surface area contributed by atoms with Crippen LogP contribution >= 0.6 is 31.9 Å². The van der Waals surface area contributed by atoms with Crippen LogP contribution in [0.4, 0.5) is 14.5 Å². The van der Waals surface area contributed by atoms with Gasteiger partial charge < -0.3 is 5.73 Å². The lowest BCUT2D eigenvalue weighted by Crippen LogP contribution is -2.00. The van der Waals surface area contributed by atoms with Gasteiger partial charge in [0.1, 0.15) is 10.3 Å². The Morgan fingerprint density at radius 1 is 1.54 bits per heavy atom. The number of hydrogen-bond donors (Lipinski definition) is 1. The zero-order valence-electron chi connectivity index (χ0n) is 6.40. The van der Waals surface area contributed by atoms with E-state index in [2.05, 4.69) is 36.8 Å². The van der Waals surface area contributed by atoms with Crippen molar-refractivity contribution in [2.75, 3.05) is 5.73 Å². The van der Waals surface area contributed by atoms with Crippen LogP contribution < -0.4 is 5.73 Å². The molecule has 0 spiro atoms. The molecule has 0 saturated carbocycles. The van der Waals surface area contributed by atoms with Crippen LogP contribution in [0, 0.1) is 0 Å². The number of nitrogens with zero attached hydrogens (tertiary/aromatic N) is 1. The monoisotopic (exact) mass is 314 g/mol. The lowest BCUT2D eigenvalue weighted by Gasteiger charge is -2.07. The van der Waals surface area contributed by atoms with Crippen molar-refractivity contribution in [3.63, 3.8) is 0 Å². The zero-order chi connectivity index (χ0) is 10.0. The van der Waals surface area contributed by atoms with Crippen LogP contribution in [0.1, 0.15) is 17.7 Å². The summed E-state index contributed by atoms with van der Waals surface area (Å²) in [5, 5.41) is 0.482. The summed E-state index contributed by atoms with van der Waals surface area (Å²) in [6, 6.07) is 1.19. The molecule has 72 valence electrons. The maximum absolute atomic E-state index is 12.2.